The first-order valence-corrected chi connectivity index (χ1v) is 14.4. The number of hydrogen-bond donors (Lipinski definition) is 1. The molecule has 0 radical (unpaired) electrons. The minimum atomic E-state index is -4.75. The maximum atomic E-state index is 14.1. The molecule has 40 heavy (non-hydrogen) atoms. The van der Waals surface area contributed by atoms with Gasteiger partial charge in [-0.25, -0.2) is 8.42 Å². The van der Waals surface area contributed by atoms with E-state index in [-0.39, 0.29) is 29.2 Å². The van der Waals surface area contributed by atoms with Crippen molar-refractivity contribution in [3.05, 3.63) is 71.0 Å². The van der Waals surface area contributed by atoms with Gasteiger partial charge in [-0.05, 0) is 61.4 Å². The van der Waals surface area contributed by atoms with Crippen molar-refractivity contribution >= 4 is 16.0 Å². The summed E-state index contributed by atoms with van der Waals surface area (Å²) in [7, 11) is -4.19. The second-order valence-corrected chi connectivity index (χ2v) is 11.6. The molecule has 216 valence electrons. The van der Waals surface area contributed by atoms with E-state index in [1.54, 1.807) is 23.9 Å². The van der Waals surface area contributed by atoms with Gasteiger partial charge in [0.15, 0.2) is 0 Å². The van der Waals surface area contributed by atoms with E-state index in [2.05, 4.69) is 10.3 Å². The quantitative estimate of drug-likeness (QED) is 0.364. The van der Waals surface area contributed by atoms with Crippen molar-refractivity contribution in [1.82, 2.24) is 19.3 Å². The molecule has 0 aliphatic carbocycles. The zero-order chi connectivity index (χ0) is 29.1. The number of carbonyl (C=O) groups is 1. The fraction of sp³-hybridized carbons (Fsp3) is 0.444. The van der Waals surface area contributed by atoms with Crippen LogP contribution in [0.25, 0.3) is 0 Å². The molecule has 1 N–H and O–H groups in total. The molecule has 0 fully saturated rings. The summed E-state index contributed by atoms with van der Waals surface area (Å²) in [4.78, 5) is 11.6. The zero-order valence-corrected chi connectivity index (χ0v) is 23.0. The van der Waals surface area contributed by atoms with Crippen molar-refractivity contribution in [2.24, 2.45) is 0 Å². The van der Waals surface area contributed by atoms with E-state index in [1.807, 2.05) is 6.92 Å². The van der Waals surface area contributed by atoms with Crippen LogP contribution in [0, 0.1) is 0 Å². The number of carboxylic acid groups (broad SMARTS) is 1. The molecular formula is C27H31F3N4O5S. The first kappa shape index (κ1) is 29.5. The molecule has 1 aliphatic heterocycles. The lowest BCUT2D eigenvalue weighted by molar-refractivity contribution is -0.139. The van der Waals surface area contributed by atoms with Crippen LogP contribution in [0.15, 0.2) is 53.6 Å². The molecule has 0 bridgehead atoms. The summed E-state index contributed by atoms with van der Waals surface area (Å²) in [5.74, 6) is -1.57. The van der Waals surface area contributed by atoms with Gasteiger partial charge in [0.05, 0.1) is 24.2 Å². The summed E-state index contributed by atoms with van der Waals surface area (Å²) >= 11 is 0. The van der Waals surface area contributed by atoms with Gasteiger partial charge in [0.25, 0.3) is 0 Å². The fourth-order valence-corrected chi connectivity index (χ4v) is 6.37. The molecule has 3 aromatic rings. The molecule has 4 rings (SSSR count). The van der Waals surface area contributed by atoms with E-state index in [0.717, 1.165) is 10.4 Å². The number of hydrogen-bond acceptors (Lipinski definition) is 6. The number of nitrogens with zero attached hydrogens (tertiary/aromatic N) is 4. The summed E-state index contributed by atoms with van der Waals surface area (Å²) in [5.41, 5.74) is -0.207. The largest absolute Gasteiger partial charge is 0.488 e. The fourth-order valence-electron chi connectivity index (χ4n) is 4.80. The van der Waals surface area contributed by atoms with Crippen LogP contribution in [-0.2, 0) is 40.5 Å². The van der Waals surface area contributed by atoms with E-state index in [0.29, 0.717) is 37.1 Å². The number of sulfonamides is 1. The Morgan fingerprint density at radius 3 is 2.60 bits per heavy atom. The van der Waals surface area contributed by atoms with Crippen LogP contribution in [0.4, 0.5) is 13.2 Å². The Labute approximate surface area is 230 Å². The van der Waals surface area contributed by atoms with Crippen LogP contribution >= 0.6 is 0 Å². The van der Waals surface area contributed by atoms with E-state index < -0.39 is 46.3 Å². The molecular weight excluding hydrogens is 549 g/mol. The summed E-state index contributed by atoms with van der Waals surface area (Å²) in [6.07, 6.45) is -2.76. The molecule has 0 amide bonds. The van der Waals surface area contributed by atoms with Gasteiger partial charge in [0, 0.05) is 19.3 Å². The number of fused-ring (bicyclic) bond motifs is 1. The number of ether oxygens (including phenoxy) is 1. The molecule has 1 aromatic heterocycles. The van der Waals surface area contributed by atoms with Gasteiger partial charge in [-0.15, -0.1) is 5.10 Å². The van der Waals surface area contributed by atoms with Gasteiger partial charge in [-0.3, -0.25) is 9.48 Å². The number of para-hydroxylation sites is 1. The second-order valence-electron chi connectivity index (χ2n) is 9.71. The first-order valence-electron chi connectivity index (χ1n) is 13.0. The van der Waals surface area contributed by atoms with Gasteiger partial charge in [-0.2, -0.15) is 17.5 Å². The lowest BCUT2D eigenvalue weighted by Gasteiger charge is -2.25. The second kappa shape index (κ2) is 12.0. The van der Waals surface area contributed by atoms with Crippen molar-refractivity contribution in [2.75, 3.05) is 6.54 Å². The van der Waals surface area contributed by atoms with Crippen molar-refractivity contribution in [3.63, 3.8) is 0 Å². The first-order chi connectivity index (χ1) is 18.9. The minimum Gasteiger partial charge on any atom is -0.488 e. The maximum Gasteiger partial charge on any atom is 0.416 e. The van der Waals surface area contributed by atoms with Crippen molar-refractivity contribution in [2.45, 2.75) is 75.7 Å². The van der Waals surface area contributed by atoms with Crippen LogP contribution in [-0.4, -0.2) is 51.4 Å². The lowest BCUT2D eigenvalue weighted by atomic mass is 9.88. The van der Waals surface area contributed by atoms with Crippen LogP contribution in [0.3, 0.4) is 0 Å². The highest BCUT2D eigenvalue weighted by molar-refractivity contribution is 7.89. The summed E-state index contributed by atoms with van der Waals surface area (Å²) < 4.78 is 78.0. The smallest absolute Gasteiger partial charge is 0.416 e. The molecule has 0 spiro atoms. The van der Waals surface area contributed by atoms with Gasteiger partial charge >= 0.3 is 12.1 Å². The SMILES string of the molecule is CC[C@@H]1CN(Cc2cc(C(CCc3cn(CC)nn3)CC(=O)O)ccc2C(F)(F)F)S(=O)(=O)c2ccccc2O1. The number of benzene rings is 2. The Kier molecular flexibility index (Phi) is 8.83. The molecule has 2 aromatic carbocycles. The number of alkyl halides is 3. The van der Waals surface area contributed by atoms with Crippen LogP contribution in [0.5, 0.6) is 5.75 Å². The molecule has 13 heteroatoms. The summed E-state index contributed by atoms with van der Waals surface area (Å²) in [5, 5.41) is 17.6. The molecule has 1 aliphatic rings. The standard InChI is InChI=1S/C27H31F3N4O5S/c1-3-22-17-34(40(37,38)25-8-6-5-7-24(25)39-22)15-20-13-18(10-12-23(20)27(28,29)30)19(14-26(35)36)9-11-21-16-33(4-2)32-31-21/h5-8,10,12-13,16,19,22H,3-4,9,11,14-15,17H2,1-2H3,(H,35,36)/t19?,22-/m1/s1. The summed E-state index contributed by atoms with van der Waals surface area (Å²) in [6.45, 7) is 3.63. The highest BCUT2D eigenvalue weighted by Crippen LogP contribution is 2.38. The predicted octanol–water partition coefficient (Wildman–Crippen LogP) is 4.87. The Hall–Kier alpha value is -3.45. The van der Waals surface area contributed by atoms with Gasteiger partial charge in [-0.1, -0.05) is 36.4 Å². The normalized spacial score (nSPS) is 18.0. The van der Waals surface area contributed by atoms with Gasteiger partial charge in [0.1, 0.15) is 16.7 Å². The number of aromatic nitrogens is 3. The predicted molar refractivity (Wildman–Crippen MR) is 139 cm³/mol. The summed E-state index contributed by atoms with van der Waals surface area (Å²) in [6, 6.07) is 9.51. The Balaban J connectivity index is 1.71. The molecule has 0 saturated carbocycles. The minimum absolute atomic E-state index is 0.112. The van der Waals surface area contributed by atoms with Crippen molar-refractivity contribution in [1.29, 1.82) is 0 Å². The molecule has 0 saturated heterocycles. The Morgan fingerprint density at radius 2 is 1.95 bits per heavy atom. The number of carboxylic acids is 1. The van der Waals surface area contributed by atoms with Crippen LogP contribution < -0.4 is 4.74 Å². The molecule has 1 unspecified atom stereocenters. The average Bonchev–Trinajstić information content (AvgIpc) is 3.33. The highest BCUT2D eigenvalue weighted by Gasteiger charge is 2.38. The van der Waals surface area contributed by atoms with Crippen LogP contribution in [0.1, 0.15) is 61.4 Å². The van der Waals surface area contributed by atoms with E-state index >= 15 is 0 Å². The maximum absolute atomic E-state index is 14.1. The Morgan fingerprint density at radius 1 is 1.20 bits per heavy atom. The van der Waals surface area contributed by atoms with Crippen molar-refractivity contribution < 1.29 is 36.2 Å². The van der Waals surface area contributed by atoms with Crippen molar-refractivity contribution in [3.8, 4) is 5.75 Å². The van der Waals surface area contributed by atoms with E-state index in [9.17, 15) is 31.5 Å². The number of halogens is 3. The van der Waals surface area contributed by atoms with Gasteiger partial charge < -0.3 is 9.84 Å². The third-order valence-electron chi connectivity index (χ3n) is 6.96. The number of aliphatic carboxylic acids is 1. The number of aryl methyl sites for hydroxylation is 2. The molecule has 2 atom stereocenters. The van der Waals surface area contributed by atoms with E-state index in [4.69, 9.17) is 4.74 Å². The molecule has 2 heterocycles. The zero-order valence-electron chi connectivity index (χ0n) is 22.1. The Bertz CT molecular complexity index is 1460. The highest BCUT2D eigenvalue weighted by atomic mass is 32.2. The topological polar surface area (TPSA) is 115 Å². The third kappa shape index (κ3) is 6.64. The van der Waals surface area contributed by atoms with Crippen LogP contribution in [0.2, 0.25) is 0 Å². The van der Waals surface area contributed by atoms with Gasteiger partial charge in [0.2, 0.25) is 10.0 Å². The van der Waals surface area contributed by atoms with E-state index in [1.165, 1.54) is 30.3 Å². The third-order valence-corrected chi connectivity index (χ3v) is 8.81. The average molecular weight is 581 g/mol. The number of rotatable bonds is 10. The lowest BCUT2D eigenvalue weighted by Crippen LogP contribution is -2.37. The monoisotopic (exact) mass is 580 g/mol. The molecule has 9 nitrogen and oxygen atoms in total.